The van der Waals surface area contributed by atoms with Gasteiger partial charge in [-0.25, -0.2) is 0 Å². The van der Waals surface area contributed by atoms with Gasteiger partial charge in [-0.15, -0.1) is 0 Å². The van der Waals surface area contributed by atoms with Crippen LogP contribution < -0.4 is 0 Å². The average molecular weight is 453 g/mol. The van der Waals surface area contributed by atoms with Crippen molar-refractivity contribution in [3.8, 4) is 22.3 Å². The van der Waals surface area contributed by atoms with E-state index in [-0.39, 0.29) is 0 Å². The molecule has 0 heteroatoms. The Bertz CT molecular complexity index is 1530. The molecule has 5 aromatic carbocycles. The molecule has 0 bridgehead atoms. The molecule has 0 aliphatic heterocycles. The molecule has 5 aromatic rings. The van der Waals surface area contributed by atoms with Gasteiger partial charge in [0.1, 0.15) is 0 Å². The van der Waals surface area contributed by atoms with E-state index in [9.17, 15) is 0 Å². The van der Waals surface area contributed by atoms with Gasteiger partial charge in [0, 0.05) is 0 Å². The van der Waals surface area contributed by atoms with Crippen molar-refractivity contribution in [1.29, 1.82) is 0 Å². The molecule has 0 heterocycles. The van der Waals surface area contributed by atoms with Crippen molar-refractivity contribution in [2.24, 2.45) is 0 Å². The second-order valence-corrected chi connectivity index (χ2v) is 9.23. The minimum Gasteiger partial charge on any atom is -0.0839 e. The second kappa shape index (κ2) is 10.2. The summed E-state index contributed by atoms with van der Waals surface area (Å²) in [6.07, 6.45) is 9.04. The summed E-state index contributed by atoms with van der Waals surface area (Å²) < 4.78 is 0. The number of benzene rings is 5. The Morgan fingerprint density at radius 1 is 0.657 bits per heavy atom. The molecule has 0 spiro atoms. The van der Waals surface area contributed by atoms with Crippen LogP contribution in [0, 0.1) is 6.92 Å². The zero-order valence-electron chi connectivity index (χ0n) is 20.9. The normalized spacial score (nSPS) is 12.1. The van der Waals surface area contributed by atoms with Gasteiger partial charge < -0.3 is 0 Å². The summed E-state index contributed by atoms with van der Waals surface area (Å²) in [7, 11) is 0. The number of aryl methyl sites for hydroxylation is 1. The van der Waals surface area contributed by atoms with Crippen LogP contribution in [-0.2, 0) is 0 Å². The summed E-state index contributed by atoms with van der Waals surface area (Å²) in [5.74, 6) is 0. The molecule has 0 radical (unpaired) electrons. The van der Waals surface area contributed by atoms with E-state index >= 15 is 0 Å². The highest BCUT2D eigenvalue weighted by Crippen LogP contribution is 2.44. The van der Waals surface area contributed by atoms with Crippen LogP contribution >= 0.6 is 0 Å². The van der Waals surface area contributed by atoms with Crippen molar-refractivity contribution in [2.75, 3.05) is 0 Å². The van der Waals surface area contributed by atoms with Gasteiger partial charge in [-0.1, -0.05) is 128 Å². The number of rotatable bonds is 6. The summed E-state index contributed by atoms with van der Waals surface area (Å²) >= 11 is 0. The van der Waals surface area contributed by atoms with Crippen molar-refractivity contribution < 1.29 is 0 Å². The molecule has 0 saturated heterocycles. The molecule has 0 atom stereocenters. The molecular weight excluding hydrogens is 420 g/mol. The summed E-state index contributed by atoms with van der Waals surface area (Å²) in [6, 6.07) is 35.6. The number of hydrogen-bond donors (Lipinski definition) is 0. The fourth-order valence-corrected chi connectivity index (χ4v) is 5.09. The molecule has 0 aliphatic carbocycles. The van der Waals surface area contributed by atoms with Crippen LogP contribution in [0.5, 0.6) is 0 Å². The topological polar surface area (TPSA) is 0 Å². The minimum atomic E-state index is 1.10. The second-order valence-electron chi connectivity index (χ2n) is 9.23. The smallest absolute Gasteiger partial charge is 0.00262 e. The lowest BCUT2D eigenvalue weighted by Crippen LogP contribution is -1.93. The van der Waals surface area contributed by atoms with E-state index in [2.05, 4.69) is 136 Å². The van der Waals surface area contributed by atoms with Gasteiger partial charge in [-0.3, -0.25) is 0 Å². The number of allylic oxidation sites excluding steroid dienone is 4. The Morgan fingerprint density at radius 2 is 1.23 bits per heavy atom. The van der Waals surface area contributed by atoms with Gasteiger partial charge in [0.2, 0.25) is 0 Å². The first kappa shape index (κ1) is 22.9. The standard InChI is InChI=1S/C35H32/c1-4-6-9-14-26(5-2)29-20-22-31-33(24-29)35(28-17-12-8-13-18-28)30-21-19-25(3)23-32(30)34(31)27-15-10-7-11-16-27/h5,7-24H,4,6H2,1-3H3/b14-9+,26-5+. The lowest BCUT2D eigenvalue weighted by atomic mass is 9.84. The average Bonchev–Trinajstić information content (AvgIpc) is 2.90. The zero-order chi connectivity index (χ0) is 24.2. The number of hydrogen-bond acceptors (Lipinski definition) is 0. The van der Waals surface area contributed by atoms with Gasteiger partial charge >= 0.3 is 0 Å². The first-order valence-electron chi connectivity index (χ1n) is 12.7. The van der Waals surface area contributed by atoms with Gasteiger partial charge in [0.05, 0.1) is 0 Å². The van der Waals surface area contributed by atoms with E-state index < -0.39 is 0 Å². The highest BCUT2D eigenvalue weighted by Gasteiger charge is 2.17. The van der Waals surface area contributed by atoms with E-state index in [1.165, 1.54) is 60.5 Å². The van der Waals surface area contributed by atoms with Crippen molar-refractivity contribution in [3.05, 3.63) is 126 Å². The van der Waals surface area contributed by atoms with Gasteiger partial charge in [-0.05, 0) is 81.3 Å². The Labute approximate surface area is 209 Å². The van der Waals surface area contributed by atoms with Gasteiger partial charge in [0.15, 0.2) is 0 Å². The Hall–Kier alpha value is -3.90. The third kappa shape index (κ3) is 4.45. The predicted octanol–water partition coefficient (Wildman–Crippen LogP) is 10.4. The van der Waals surface area contributed by atoms with Crippen molar-refractivity contribution in [1.82, 2.24) is 0 Å². The number of fused-ring (bicyclic) bond motifs is 2. The summed E-state index contributed by atoms with van der Waals surface area (Å²) in [4.78, 5) is 0. The minimum absolute atomic E-state index is 1.10. The fraction of sp³-hybridized carbons (Fsp3) is 0.143. The lowest BCUT2D eigenvalue weighted by molar-refractivity contribution is 0.959. The highest BCUT2D eigenvalue weighted by atomic mass is 14.2. The third-order valence-corrected chi connectivity index (χ3v) is 6.79. The Kier molecular flexibility index (Phi) is 6.64. The maximum absolute atomic E-state index is 2.40. The maximum atomic E-state index is 2.40. The molecule has 0 N–H and O–H groups in total. The summed E-state index contributed by atoms with van der Waals surface area (Å²) in [5.41, 5.74) is 8.95. The van der Waals surface area contributed by atoms with Crippen molar-refractivity contribution in [2.45, 2.75) is 33.6 Å². The molecule has 35 heavy (non-hydrogen) atoms. The summed E-state index contributed by atoms with van der Waals surface area (Å²) in [5, 5.41) is 5.20. The van der Waals surface area contributed by atoms with Crippen LogP contribution in [0.25, 0.3) is 49.4 Å². The Morgan fingerprint density at radius 3 is 1.80 bits per heavy atom. The van der Waals surface area contributed by atoms with Crippen LogP contribution in [0.4, 0.5) is 0 Å². The molecule has 0 nitrogen and oxygen atoms in total. The molecule has 0 fully saturated rings. The quantitative estimate of drug-likeness (QED) is 0.177. The third-order valence-electron chi connectivity index (χ3n) is 6.79. The first-order chi connectivity index (χ1) is 17.2. The zero-order valence-corrected chi connectivity index (χ0v) is 20.9. The monoisotopic (exact) mass is 452 g/mol. The van der Waals surface area contributed by atoms with E-state index in [1.54, 1.807) is 0 Å². The molecule has 0 unspecified atom stereocenters. The largest absolute Gasteiger partial charge is 0.0839 e. The highest BCUT2D eigenvalue weighted by molar-refractivity contribution is 6.21. The van der Waals surface area contributed by atoms with Crippen LogP contribution in [0.3, 0.4) is 0 Å². The Balaban J connectivity index is 1.91. The van der Waals surface area contributed by atoms with E-state index in [1.807, 2.05) is 0 Å². The van der Waals surface area contributed by atoms with E-state index in [0.29, 0.717) is 0 Å². The molecular formula is C35H32. The van der Waals surface area contributed by atoms with E-state index in [0.717, 1.165) is 12.8 Å². The lowest BCUT2D eigenvalue weighted by Gasteiger charge is -2.19. The molecule has 172 valence electrons. The first-order valence-corrected chi connectivity index (χ1v) is 12.7. The molecule has 0 saturated carbocycles. The SMILES string of the molecule is C/C=C(\C=C\CCC)c1ccc2c(-c3ccccc3)c3cc(C)ccc3c(-c3ccccc3)c2c1. The molecule has 0 amide bonds. The van der Waals surface area contributed by atoms with Gasteiger partial charge in [0.25, 0.3) is 0 Å². The van der Waals surface area contributed by atoms with Crippen LogP contribution in [0.15, 0.2) is 115 Å². The number of unbranched alkanes of at least 4 members (excludes halogenated alkanes) is 1. The van der Waals surface area contributed by atoms with Crippen molar-refractivity contribution in [3.63, 3.8) is 0 Å². The predicted molar refractivity (Wildman–Crippen MR) is 155 cm³/mol. The van der Waals surface area contributed by atoms with Crippen molar-refractivity contribution >= 4 is 27.1 Å². The van der Waals surface area contributed by atoms with Crippen LogP contribution in [0.1, 0.15) is 37.8 Å². The summed E-state index contributed by atoms with van der Waals surface area (Å²) in [6.45, 7) is 6.54. The van der Waals surface area contributed by atoms with Crippen LogP contribution in [0.2, 0.25) is 0 Å². The fourth-order valence-electron chi connectivity index (χ4n) is 5.09. The van der Waals surface area contributed by atoms with Gasteiger partial charge in [-0.2, -0.15) is 0 Å². The maximum Gasteiger partial charge on any atom is -0.00262 e. The molecule has 5 rings (SSSR count). The molecule has 0 aliphatic rings. The molecule has 0 aromatic heterocycles. The van der Waals surface area contributed by atoms with Crippen LogP contribution in [-0.4, -0.2) is 0 Å². The van der Waals surface area contributed by atoms with E-state index in [4.69, 9.17) is 0 Å².